The SMILES string of the molecule is CC(=O)N(C1=CCC(F)C=C1)c1ccc(CCC[C@H]2COC(N)=N2)cc1. The van der Waals surface area contributed by atoms with Crippen LogP contribution in [0, 0.1) is 0 Å². The molecule has 0 radical (unpaired) electrons. The lowest BCUT2D eigenvalue weighted by Gasteiger charge is -2.24. The summed E-state index contributed by atoms with van der Waals surface area (Å²) in [5.41, 5.74) is 8.22. The van der Waals surface area contributed by atoms with Gasteiger partial charge in [0.25, 0.3) is 6.02 Å². The number of amides is 1. The smallest absolute Gasteiger partial charge is 0.282 e. The lowest BCUT2D eigenvalue weighted by Crippen LogP contribution is -2.28. The number of hydrogen-bond acceptors (Lipinski definition) is 4. The van der Waals surface area contributed by atoms with Gasteiger partial charge in [-0.1, -0.05) is 18.2 Å². The number of amidine groups is 1. The third-order valence-corrected chi connectivity index (χ3v) is 4.53. The average molecular weight is 357 g/mol. The van der Waals surface area contributed by atoms with Crippen LogP contribution in [0.1, 0.15) is 31.7 Å². The van der Waals surface area contributed by atoms with Gasteiger partial charge in [0.1, 0.15) is 12.8 Å². The van der Waals surface area contributed by atoms with Crippen LogP contribution >= 0.6 is 0 Å². The highest BCUT2D eigenvalue weighted by Crippen LogP contribution is 2.25. The van der Waals surface area contributed by atoms with Crippen LogP contribution in [0.4, 0.5) is 10.1 Å². The number of nitrogens with zero attached hydrogens (tertiary/aromatic N) is 2. The Bertz CT molecular complexity index is 740. The molecule has 0 fully saturated rings. The zero-order chi connectivity index (χ0) is 18.5. The van der Waals surface area contributed by atoms with Crippen molar-refractivity contribution in [3.63, 3.8) is 0 Å². The Labute approximate surface area is 153 Å². The van der Waals surface area contributed by atoms with Crippen molar-refractivity contribution in [2.24, 2.45) is 10.7 Å². The molecule has 1 unspecified atom stereocenters. The molecule has 26 heavy (non-hydrogen) atoms. The zero-order valence-corrected chi connectivity index (χ0v) is 14.9. The van der Waals surface area contributed by atoms with Crippen LogP contribution in [0.15, 0.2) is 53.2 Å². The van der Waals surface area contributed by atoms with Crippen molar-refractivity contribution in [3.05, 3.63) is 53.8 Å². The van der Waals surface area contributed by atoms with Gasteiger partial charge in [0, 0.05) is 24.7 Å². The maximum Gasteiger partial charge on any atom is 0.282 e. The predicted octanol–water partition coefficient (Wildman–Crippen LogP) is 3.26. The molecule has 0 aromatic heterocycles. The van der Waals surface area contributed by atoms with Gasteiger partial charge in [-0.15, -0.1) is 0 Å². The number of benzene rings is 1. The minimum absolute atomic E-state index is 0.0948. The molecule has 1 heterocycles. The quantitative estimate of drug-likeness (QED) is 0.850. The Kier molecular flexibility index (Phi) is 5.71. The van der Waals surface area contributed by atoms with E-state index in [4.69, 9.17) is 10.5 Å². The molecule has 0 bridgehead atoms. The average Bonchev–Trinajstić information content (AvgIpc) is 3.03. The van der Waals surface area contributed by atoms with Gasteiger partial charge >= 0.3 is 0 Å². The molecule has 2 aliphatic rings. The molecule has 0 saturated carbocycles. The van der Waals surface area contributed by atoms with Gasteiger partial charge in [-0.3, -0.25) is 9.69 Å². The van der Waals surface area contributed by atoms with E-state index in [1.54, 1.807) is 17.1 Å². The second-order valence-corrected chi connectivity index (χ2v) is 6.59. The van der Waals surface area contributed by atoms with Crippen molar-refractivity contribution in [2.75, 3.05) is 11.5 Å². The number of carbonyl (C=O) groups is 1. The molecule has 1 aromatic carbocycles. The Hall–Kier alpha value is -2.63. The molecule has 2 atom stereocenters. The largest absolute Gasteiger partial charge is 0.463 e. The van der Waals surface area contributed by atoms with Crippen LogP contribution in [-0.4, -0.2) is 30.7 Å². The van der Waals surface area contributed by atoms with Crippen LogP contribution in [0.2, 0.25) is 0 Å². The Morgan fingerprint density at radius 3 is 2.73 bits per heavy atom. The van der Waals surface area contributed by atoms with Crippen molar-refractivity contribution in [1.82, 2.24) is 0 Å². The number of halogens is 1. The summed E-state index contributed by atoms with van der Waals surface area (Å²) in [6.45, 7) is 2.08. The first-order chi connectivity index (χ1) is 12.5. The predicted molar refractivity (Wildman–Crippen MR) is 101 cm³/mol. The third-order valence-electron chi connectivity index (χ3n) is 4.53. The van der Waals surface area contributed by atoms with Crippen LogP contribution < -0.4 is 10.6 Å². The molecule has 0 saturated heterocycles. The summed E-state index contributed by atoms with van der Waals surface area (Å²) in [7, 11) is 0. The maximum atomic E-state index is 13.3. The molecule has 1 aliphatic heterocycles. The topological polar surface area (TPSA) is 67.9 Å². The number of carbonyl (C=O) groups excluding carboxylic acids is 1. The molecular formula is C20H24FN3O2. The minimum atomic E-state index is -0.972. The van der Waals surface area contributed by atoms with E-state index in [2.05, 4.69) is 4.99 Å². The van der Waals surface area contributed by atoms with Crippen molar-refractivity contribution in [1.29, 1.82) is 0 Å². The van der Waals surface area contributed by atoms with Crippen molar-refractivity contribution >= 4 is 17.6 Å². The maximum absolute atomic E-state index is 13.3. The number of aliphatic imine (C=N–C) groups is 1. The molecular weight excluding hydrogens is 333 g/mol. The molecule has 0 spiro atoms. The Morgan fingerprint density at radius 1 is 1.38 bits per heavy atom. The lowest BCUT2D eigenvalue weighted by atomic mass is 10.0. The van der Waals surface area contributed by atoms with Gasteiger partial charge in [-0.25, -0.2) is 9.38 Å². The molecule has 1 aliphatic carbocycles. The molecule has 5 nitrogen and oxygen atoms in total. The van der Waals surface area contributed by atoms with E-state index in [9.17, 15) is 9.18 Å². The lowest BCUT2D eigenvalue weighted by molar-refractivity contribution is -0.116. The minimum Gasteiger partial charge on any atom is -0.463 e. The molecule has 2 N–H and O–H groups in total. The van der Waals surface area contributed by atoms with Crippen molar-refractivity contribution in [3.8, 4) is 0 Å². The van der Waals surface area contributed by atoms with Gasteiger partial charge in [0.15, 0.2) is 0 Å². The van der Waals surface area contributed by atoms with E-state index in [-0.39, 0.29) is 18.0 Å². The van der Waals surface area contributed by atoms with Gasteiger partial charge in [0.2, 0.25) is 5.91 Å². The standard InChI is InChI=1S/C20H24FN3O2/c1-14(25)24(19-11-7-16(21)8-12-19)18-9-5-15(6-10-18)3-2-4-17-13-26-20(22)23-17/h5-7,9-12,16-17H,2-4,8,13H2,1H3,(H2,22,23)/t16?,17-/m0/s1. The van der Waals surface area contributed by atoms with Gasteiger partial charge in [0.05, 0.1) is 6.04 Å². The summed E-state index contributed by atoms with van der Waals surface area (Å²) in [6, 6.07) is 8.36. The summed E-state index contributed by atoms with van der Waals surface area (Å²) in [6.07, 6.45) is 7.09. The number of anilines is 1. The van der Waals surface area contributed by atoms with E-state index in [0.29, 0.717) is 13.0 Å². The molecule has 1 aromatic rings. The fourth-order valence-electron chi connectivity index (χ4n) is 3.20. The molecule has 3 rings (SSSR count). The molecule has 1 amide bonds. The summed E-state index contributed by atoms with van der Waals surface area (Å²) in [5.74, 6) is -0.0948. The highest BCUT2D eigenvalue weighted by atomic mass is 19.1. The summed E-state index contributed by atoms with van der Waals surface area (Å²) in [4.78, 5) is 17.9. The number of ether oxygens (including phenoxy) is 1. The third kappa shape index (κ3) is 4.50. The van der Waals surface area contributed by atoms with Crippen LogP contribution in [0.25, 0.3) is 0 Å². The first kappa shape index (κ1) is 18.2. The van der Waals surface area contributed by atoms with E-state index in [1.165, 1.54) is 18.6 Å². The zero-order valence-electron chi connectivity index (χ0n) is 14.9. The van der Waals surface area contributed by atoms with Gasteiger partial charge in [-0.05, 0) is 49.1 Å². The van der Waals surface area contributed by atoms with Crippen LogP contribution in [-0.2, 0) is 16.0 Å². The van der Waals surface area contributed by atoms with Crippen molar-refractivity contribution < 1.29 is 13.9 Å². The second kappa shape index (κ2) is 8.17. The molecule has 138 valence electrons. The number of alkyl halides is 1. The number of rotatable bonds is 6. The second-order valence-electron chi connectivity index (χ2n) is 6.59. The van der Waals surface area contributed by atoms with E-state index >= 15 is 0 Å². The number of hydrogen-bond donors (Lipinski definition) is 1. The first-order valence-corrected chi connectivity index (χ1v) is 8.91. The van der Waals surface area contributed by atoms with Gasteiger partial charge in [-0.2, -0.15) is 0 Å². The van der Waals surface area contributed by atoms with Gasteiger partial charge < -0.3 is 10.5 Å². The Balaban J connectivity index is 1.60. The molecule has 6 heteroatoms. The Morgan fingerprint density at radius 2 is 2.15 bits per heavy atom. The fraction of sp³-hybridized carbons (Fsp3) is 0.400. The summed E-state index contributed by atoms with van der Waals surface area (Å²) >= 11 is 0. The van der Waals surface area contributed by atoms with E-state index in [0.717, 1.165) is 30.6 Å². The highest BCUT2D eigenvalue weighted by molar-refractivity contribution is 5.95. The summed E-state index contributed by atoms with van der Waals surface area (Å²) in [5, 5.41) is 0. The fourth-order valence-corrected chi connectivity index (χ4v) is 3.20. The monoisotopic (exact) mass is 357 g/mol. The summed E-state index contributed by atoms with van der Waals surface area (Å²) < 4.78 is 18.4. The van der Waals surface area contributed by atoms with Crippen molar-refractivity contribution in [2.45, 2.75) is 44.8 Å². The van der Waals surface area contributed by atoms with Crippen LogP contribution in [0.3, 0.4) is 0 Å². The normalized spacial score (nSPS) is 21.8. The number of nitrogens with two attached hydrogens (primary N) is 1. The van der Waals surface area contributed by atoms with E-state index < -0.39 is 6.17 Å². The number of aryl methyl sites for hydroxylation is 1. The highest BCUT2D eigenvalue weighted by Gasteiger charge is 2.18. The number of allylic oxidation sites excluding steroid dienone is 3. The van der Waals surface area contributed by atoms with E-state index in [1.807, 2.05) is 24.3 Å². The first-order valence-electron chi connectivity index (χ1n) is 8.91. The van der Waals surface area contributed by atoms with Crippen LogP contribution in [0.5, 0.6) is 0 Å².